The lowest BCUT2D eigenvalue weighted by molar-refractivity contribution is 0.318. The summed E-state index contributed by atoms with van der Waals surface area (Å²) in [7, 11) is 0. The Morgan fingerprint density at radius 2 is 1.76 bits per heavy atom. The number of rotatable bonds is 7. The summed E-state index contributed by atoms with van der Waals surface area (Å²) in [4.78, 5) is 9.13. The number of aromatic nitrogens is 2. The van der Waals surface area contributed by atoms with Crippen LogP contribution in [0.2, 0.25) is 0 Å². The molecular formula is C17H30N4. The first-order valence-electron chi connectivity index (χ1n) is 8.63. The molecule has 118 valence electrons. The van der Waals surface area contributed by atoms with Gasteiger partial charge in [0.2, 0.25) is 0 Å². The molecule has 4 heteroatoms. The fraction of sp³-hybridized carbons (Fsp3) is 0.765. The van der Waals surface area contributed by atoms with Gasteiger partial charge in [0.15, 0.2) is 0 Å². The highest BCUT2D eigenvalue weighted by Crippen LogP contribution is 2.29. The van der Waals surface area contributed by atoms with Crippen LogP contribution in [0, 0.1) is 5.92 Å². The molecule has 4 nitrogen and oxygen atoms in total. The second-order valence-corrected chi connectivity index (χ2v) is 6.09. The molecule has 0 amide bonds. The van der Waals surface area contributed by atoms with E-state index < -0.39 is 0 Å². The number of hydrogen-bond donors (Lipinski definition) is 2. The third kappa shape index (κ3) is 4.87. The molecule has 1 aromatic rings. The highest BCUT2D eigenvalue weighted by atomic mass is 15.1. The average Bonchev–Trinajstić information content (AvgIpc) is 2.49. The fourth-order valence-corrected chi connectivity index (χ4v) is 3.21. The summed E-state index contributed by atoms with van der Waals surface area (Å²) in [6.45, 7) is 7.38. The van der Waals surface area contributed by atoms with Gasteiger partial charge in [0.25, 0.3) is 0 Å². The van der Waals surface area contributed by atoms with Gasteiger partial charge in [-0.15, -0.1) is 0 Å². The van der Waals surface area contributed by atoms with Gasteiger partial charge in [0.05, 0.1) is 0 Å². The maximum Gasteiger partial charge on any atom is 0.132 e. The minimum atomic E-state index is 0.576. The van der Waals surface area contributed by atoms with Gasteiger partial charge in [-0.05, 0) is 38.5 Å². The highest BCUT2D eigenvalue weighted by Gasteiger charge is 2.20. The average molecular weight is 290 g/mol. The van der Waals surface area contributed by atoms with Gasteiger partial charge >= 0.3 is 0 Å². The van der Waals surface area contributed by atoms with Crippen LogP contribution < -0.4 is 10.6 Å². The normalized spacial score (nSPS) is 22.0. The lowest BCUT2D eigenvalue weighted by Crippen LogP contribution is -2.26. The Labute approximate surface area is 129 Å². The Hall–Kier alpha value is -1.32. The van der Waals surface area contributed by atoms with Crippen LogP contribution in [0.3, 0.4) is 0 Å². The maximum atomic E-state index is 4.62. The Bertz CT molecular complexity index is 425. The molecule has 0 aliphatic heterocycles. The maximum absolute atomic E-state index is 4.62. The van der Waals surface area contributed by atoms with Crippen LogP contribution >= 0.6 is 0 Å². The predicted octanol–water partition coefficient (Wildman–Crippen LogP) is 4.24. The molecule has 2 rings (SSSR count). The van der Waals surface area contributed by atoms with E-state index in [1.54, 1.807) is 0 Å². The summed E-state index contributed by atoms with van der Waals surface area (Å²) in [6, 6.07) is 2.62. The van der Waals surface area contributed by atoms with Crippen molar-refractivity contribution in [1.82, 2.24) is 9.97 Å². The Morgan fingerprint density at radius 3 is 2.38 bits per heavy atom. The molecule has 1 saturated carbocycles. The summed E-state index contributed by atoms with van der Waals surface area (Å²) in [6.07, 6.45) is 8.84. The van der Waals surface area contributed by atoms with Gasteiger partial charge < -0.3 is 10.6 Å². The number of aryl methyl sites for hydroxylation is 1. The Morgan fingerprint density at radius 1 is 1.05 bits per heavy atom. The van der Waals surface area contributed by atoms with Crippen molar-refractivity contribution in [3.8, 4) is 0 Å². The van der Waals surface area contributed by atoms with Crippen LogP contribution in [0.4, 0.5) is 11.6 Å². The predicted molar refractivity (Wildman–Crippen MR) is 89.9 cm³/mol. The molecule has 0 radical (unpaired) electrons. The summed E-state index contributed by atoms with van der Waals surface area (Å²) in [5.74, 6) is 3.78. The fourth-order valence-electron chi connectivity index (χ4n) is 3.21. The Balaban J connectivity index is 1.94. The van der Waals surface area contributed by atoms with E-state index >= 15 is 0 Å². The molecule has 21 heavy (non-hydrogen) atoms. The molecule has 1 fully saturated rings. The van der Waals surface area contributed by atoms with Gasteiger partial charge in [0, 0.05) is 25.1 Å². The molecule has 1 aliphatic rings. The lowest BCUT2D eigenvalue weighted by Gasteiger charge is -2.29. The van der Waals surface area contributed by atoms with E-state index in [1.165, 1.54) is 38.5 Å². The van der Waals surface area contributed by atoms with Crippen LogP contribution in [0.5, 0.6) is 0 Å². The van der Waals surface area contributed by atoms with Gasteiger partial charge in [-0.2, -0.15) is 0 Å². The van der Waals surface area contributed by atoms with Crippen molar-refractivity contribution >= 4 is 11.6 Å². The van der Waals surface area contributed by atoms with Crippen molar-refractivity contribution in [2.24, 2.45) is 5.92 Å². The van der Waals surface area contributed by atoms with Gasteiger partial charge in [-0.1, -0.05) is 26.7 Å². The summed E-state index contributed by atoms with van der Waals surface area (Å²) < 4.78 is 0. The standard InChI is InChI=1S/C17H30N4/c1-4-7-13-8-10-14(11-9-13)19-17-12-16(18-6-3)20-15(5-2)21-17/h12-14H,4-11H2,1-3H3,(H2,18,19,20,21). The van der Waals surface area contributed by atoms with E-state index in [0.29, 0.717) is 6.04 Å². The quantitative estimate of drug-likeness (QED) is 0.788. The summed E-state index contributed by atoms with van der Waals surface area (Å²) in [5, 5.41) is 6.92. The number of hydrogen-bond acceptors (Lipinski definition) is 4. The highest BCUT2D eigenvalue weighted by molar-refractivity contribution is 5.48. The molecule has 0 unspecified atom stereocenters. The van der Waals surface area contributed by atoms with Crippen LogP contribution in [0.25, 0.3) is 0 Å². The van der Waals surface area contributed by atoms with Crippen molar-refractivity contribution in [2.45, 2.75) is 71.8 Å². The largest absolute Gasteiger partial charge is 0.370 e. The molecule has 0 bridgehead atoms. The van der Waals surface area contributed by atoms with Gasteiger partial charge in [0.1, 0.15) is 17.5 Å². The molecule has 0 saturated heterocycles. The molecule has 1 heterocycles. The first-order chi connectivity index (χ1) is 10.2. The molecule has 0 spiro atoms. The van der Waals surface area contributed by atoms with E-state index in [9.17, 15) is 0 Å². The second kappa shape index (κ2) is 8.20. The molecule has 0 aromatic carbocycles. The minimum absolute atomic E-state index is 0.576. The van der Waals surface area contributed by atoms with Crippen molar-refractivity contribution in [1.29, 1.82) is 0 Å². The second-order valence-electron chi connectivity index (χ2n) is 6.09. The van der Waals surface area contributed by atoms with Crippen molar-refractivity contribution < 1.29 is 0 Å². The molecule has 0 atom stereocenters. The van der Waals surface area contributed by atoms with Gasteiger partial charge in [-0.25, -0.2) is 9.97 Å². The van der Waals surface area contributed by atoms with Gasteiger partial charge in [-0.3, -0.25) is 0 Å². The van der Waals surface area contributed by atoms with E-state index in [-0.39, 0.29) is 0 Å². The van der Waals surface area contributed by atoms with Crippen molar-refractivity contribution in [2.75, 3.05) is 17.2 Å². The number of anilines is 2. The summed E-state index contributed by atoms with van der Waals surface area (Å²) >= 11 is 0. The minimum Gasteiger partial charge on any atom is -0.370 e. The van der Waals surface area contributed by atoms with Crippen LogP contribution in [0.15, 0.2) is 6.07 Å². The first-order valence-corrected chi connectivity index (χ1v) is 8.63. The van der Waals surface area contributed by atoms with E-state index in [1.807, 2.05) is 6.07 Å². The third-order valence-electron chi connectivity index (χ3n) is 4.34. The van der Waals surface area contributed by atoms with E-state index in [4.69, 9.17) is 0 Å². The molecule has 2 N–H and O–H groups in total. The zero-order chi connectivity index (χ0) is 15.1. The van der Waals surface area contributed by atoms with Crippen LogP contribution in [-0.2, 0) is 6.42 Å². The third-order valence-corrected chi connectivity index (χ3v) is 4.34. The zero-order valence-corrected chi connectivity index (χ0v) is 13.8. The first kappa shape index (κ1) is 16.1. The van der Waals surface area contributed by atoms with Crippen LogP contribution in [-0.4, -0.2) is 22.6 Å². The lowest BCUT2D eigenvalue weighted by atomic mass is 9.83. The Kier molecular flexibility index (Phi) is 6.27. The zero-order valence-electron chi connectivity index (χ0n) is 13.8. The number of nitrogens with zero attached hydrogens (tertiary/aromatic N) is 2. The SMILES string of the molecule is CCCC1CCC(Nc2cc(NCC)nc(CC)n2)CC1. The topological polar surface area (TPSA) is 49.8 Å². The smallest absolute Gasteiger partial charge is 0.132 e. The molecular weight excluding hydrogens is 260 g/mol. The molecule has 1 aliphatic carbocycles. The van der Waals surface area contributed by atoms with Crippen molar-refractivity contribution in [3.63, 3.8) is 0 Å². The van der Waals surface area contributed by atoms with Crippen LogP contribution in [0.1, 0.15) is 65.1 Å². The molecule has 1 aromatic heterocycles. The monoisotopic (exact) mass is 290 g/mol. The van der Waals surface area contributed by atoms with E-state index in [2.05, 4.69) is 41.4 Å². The number of nitrogens with one attached hydrogen (secondary N) is 2. The van der Waals surface area contributed by atoms with E-state index in [0.717, 1.165) is 36.3 Å². The summed E-state index contributed by atoms with van der Waals surface area (Å²) in [5.41, 5.74) is 0. The van der Waals surface area contributed by atoms with Crippen molar-refractivity contribution in [3.05, 3.63) is 11.9 Å².